The van der Waals surface area contributed by atoms with E-state index >= 15 is 0 Å². The quantitative estimate of drug-likeness (QED) is 0.786. The Balaban J connectivity index is 2.23. The van der Waals surface area contributed by atoms with E-state index in [0.717, 1.165) is 11.1 Å². The Hall–Kier alpha value is -2.63. The molecule has 1 amide bonds. The third kappa shape index (κ3) is 3.68. The van der Waals surface area contributed by atoms with Crippen molar-refractivity contribution in [2.45, 2.75) is 13.5 Å². The summed E-state index contributed by atoms with van der Waals surface area (Å²) in [6, 6.07) is 9.33. The van der Waals surface area contributed by atoms with E-state index in [9.17, 15) is 4.79 Å². The molecule has 0 aliphatic heterocycles. The summed E-state index contributed by atoms with van der Waals surface area (Å²) >= 11 is 0. The maximum absolute atomic E-state index is 11.2. The van der Waals surface area contributed by atoms with Gasteiger partial charge in [0.2, 0.25) is 5.91 Å². The van der Waals surface area contributed by atoms with Crippen molar-refractivity contribution in [2.24, 2.45) is 5.73 Å². The number of carbonyl (C=O) groups is 1. The summed E-state index contributed by atoms with van der Waals surface area (Å²) in [6.45, 7) is 2.52. The summed E-state index contributed by atoms with van der Waals surface area (Å²) < 4.78 is 0. The van der Waals surface area contributed by atoms with E-state index in [2.05, 4.69) is 10.2 Å². The molecule has 2 rings (SSSR count). The molecule has 20 heavy (non-hydrogen) atoms. The van der Waals surface area contributed by atoms with Crippen LogP contribution in [-0.2, 0) is 11.3 Å². The van der Waals surface area contributed by atoms with Crippen LogP contribution in [0.15, 0.2) is 36.5 Å². The first kappa shape index (κ1) is 13.8. The standard InChI is InChI=1S/C14H17N5O/c1-10-6-14(18-17-7-10)19(9-13(16)20)8-11-2-4-12(15)5-3-11/h2-7H,8-9,15H2,1H3,(H2,16,20). The lowest BCUT2D eigenvalue weighted by Gasteiger charge is -2.22. The number of rotatable bonds is 5. The number of aryl methyl sites for hydroxylation is 1. The Morgan fingerprint density at radius 1 is 1.30 bits per heavy atom. The van der Waals surface area contributed by atoms with Gasteiger partial charge in [0.1, 0.15) is 0 Å². The van der Waals surface area contributed by atoms with Crippen LogP contribution in [0.1, 0.15) is 11.1 Å². The predicted octanol–water partition coefficient (Wildman–Crippen LogP) is 0.859. The van der Waals surface area contributed by atoms with Gasteiger partial charge in [0, 0.05) is 12.2 Å². The first-order chi connectivity index (χ1) is 9.54. The highest BCUT2D eigenvalue weighted by molar-refractivity contribution is 5.79. The molecule has 104 valence electrons. The van der Waals surface area contributed by atoms with Crippen molar-refractivity contribution < 1.29 is 4.79 Å². The number of nitrogens with zero attached hydrogens (tertiary/aromatic N) is 3. The van der Waals surface area contributed by atoms with Crippen LogP contribution in [0.3, 0.4) is 0 Å². The number of aromatic nitrogens is 2. The monoisotopic (exact) mass is 271 g/mol. The molecule has 6 heteroatoms. The van der Waals surface area contributed by atoms with Crippen molar-refractivity contribution in [2.75, 3.05) is 17.2 Å². The number of nitrogens with two attached hydrogens (primary N) is 2. The van der Waals surface area contributed by atoms with E-state index in [1.54, 1.807) is 11.1 Å². The average molecular weight is 271 g/mol. The van der Waals surface area contributed by atoms with Gasteiger partial charge in [-0.25, -0.2) is 0 Å². The van der Waals surface area contributed by atoms with Crippen LogP contribution in [-0.4, -0.2) is 22.6 Å². The van der Waals surface area contributed by atoms with Crippen molar-refractivity contribution in [1.29, 1.82) is 0 Å². The Morgan fingerprint density at radius 3 is 2.60 bits per heavy atom. The van der Waals surface area contributed by atoms with Crippen LogP contribution in [0.5, 0.6) is 0 Å². The molecule has 4 N–H and O–H groups in total. The van der Waals surface area contributed by atoms with E-state index in [1.807, 2.05) is 37.3 Å². The molecule has 1 heterocycles. The number of hydrogen-bond donors (Lipinski definition) is 2. The molecule has 2 aromatic rings. The molecule has 0 saturated heterocycles. The van der Waals surface area contributed by atoms with Crippen molar-refractivity contribution in [3.05, 3.63) is 47.7 Å². The number of amides is 1. The molecule has 0 atom stereocenters. The van der Waals surface area contributed by atoms with Crippen molar-refractivity contribution in [3.63, 3.8) is 0 Å². The van der Waals surface area contributed by atoms with Crippen LogP contribution < -0.4 is 16.4 Å². The third-order valence-corrected chi connectivity index (χ3v) is 2.80. The molecule has 1 aromatic carbocycles. The lowest BCUT2D eigenvalue weighted by Crippen LogP contribution is -2.34. The SMILES string of the molecule is Cc1cnnc(N(CC(N)=O)Cc2ccc(N)cc2)c1. The highest BCUT2D eigenvalue weighted by atomic mass is 16.1. The minimum Gasteiger partial charge on any atom is -0.399 e. The predicted molar refractivity (Wildman–Crippen MR) is 77.9 cm³/mol. The van der Waals surface area contributed by atoms with Crippen LogP contribution in [0.2, 0.25) is 0 Å². The van der Waals surface area contributed by atoms with Gasteiger partial charge in [-0.05, 0) is 36.2 Å². The Morgan fingerprint density at radius 2 is 2.00 bits per heavy atom. The Bertz CT molecular complexity index is 597. The molecule has 6 nitrogen and oxygen atoms in total. The lowest BCUT2D eigenvalue weighted by molar-refractivity contribution is -0.116. The first-order valence-corrected chi connectivity index (χ1v) is 6.21. The molecule has 1 aromatic heterocycles. The molecule has 0 saturated carbocycles. The lowest BCUT2D eigenvalue weighted by atomic mass is 10.2. The summed E-state index contributed by atoms with van der Waals surface area (Å²) in [5.41, 5.74) is 13.6. The fourth-order valence-electron chi connectivity index (χ4n) is 1.85. The summed E-state index contributed by atoms with van der Waals surface area (Å²) in [6.07, 6.45) is 1.66. The number of primary amides is 1. The van der Waals surface area contributed by atoms with Crippen LogP contribution in [0.4, 0.5) is 11.5 Å². The van der Waals surface area contributed by atoms with Gasteiger partial charge in [-0.15, -0.1) is 5.10 Å². The number of nitrogen functional groups attached to an aromatic ring is 1. The van der Waals surface area contributed by atoms with Crippen molar-refractivity contribution >= 4 is 17.4 Å². The fraction of sp³-hybridized carbons (Fsp3) is 0.214. The Kier molecular flexibility index (Phi) is 4.14. The summed E-state index contributed by atoms with van der Waals surface area (Å²) in [4.78, 5) is 13.0. The van der Waals surface area contributed by atoms with Crippen molar-refractivity contribution in [1.82, 2.24) is 10.2 Å². The Labute approximate surface area is 117 Å². The van der Waals surface area contributed by atoms with Gasteiger partial charge in [-0.2, -0.15) is 5.10 Å². The van der Waals surface area contributed by atoms with Gasteiger partial charge < -0.3 is 16.4 Å². The molecule has 0 aliphatic rings. The molecule has 0 spiro atoms. The molecule has 0 unspecified atom stereocenters. The maximum atomic E-state index is 11.2. The van der Waals surface area contributed by atoms with Gasteiger partial charge in [0.05, 0.1) is 12.7 Å². The molecule has 0 radical (unpaired) electrons. The number of carbonyl (C=O) groups excluding carboxylic acids is 1. The molecule has 0 bridgehead atoms. The second-order valence-corrected chi connectivity index (χ2v) is 4.66. The normalized spacial score (nSPS) is 10.2. The largest absolute Gasteiger partial charge is 0.399 e. The summed E-state index contributed by atoms with van der Waals surface area (Å²) in [5.74, 6) is 0.212. The maximum Gasteiger partial charge on any atom is 0.237 e. The third-order valence-electron chi connectivity index (χ3n) is 2.80. The first-order valence-electron chi connectivity index (χ1n) is 6.21. The fourth-order valence-corrected chi connectivity index (χ4v) is 1.85. The molecule has 0 aliphatic carbocycles. The van der Waals surface area contributed by atoms with E-state index < -0.39 is 5.91 Å². The smallest absolute Gasteiger partial charge is 0.237 e. The molecular formula is C14H17N5O. The minimum atomic E-state index is -0.413. The van der Waals surface area contributed by atoms with E-state index in [1.165, 1.54) is 0 Å². The van der Waals surface area contributed by atoms with Crippen LogP contribution in [0, 0.1) is 6.92 Å². The van der Waals surface area contributed by atoms with Crippen LogP contribution >= 0.6 is 0 Å². The van der Waals surface area contributed by atoms with Gasteiger partial charge in [0.15, 0.2) is 5.82 Å². The zero-order chi connectivity index (χ0) is 14.5. The van der Waals surface area contributed by atoms with Gasteiger partial charge in [-0.3, -0.25) is 4.79 Å². The van der Waals surface area contributed by atoms with Crippen LogP contribution in [0.25, 0.3) is 0 Å². The highest BCUT2D eigenvalue weighted by Crippen LogP contribution is 2.15. The zero-order valence-electron chi connectivity index (χ0n) is 11.3. The summed E-state index contributed by atoms with van der Waals surface area (Å²) in [7, 11) is 0. The van der Waals surface area contributed by atoms with Gasteiger partial charge >= 0.3 is 0 Å². The van der Waals surface area contributed by atoms with E-state index in [-0.39, 0.29) is 6.54 Å². The van der Waals surface area contributed by atoms with Gasteiger partial charge in [0.25, 0.3) is 0 Å². The zero-order valence-corrected chi connectivity index (χ0v) is 11.3. The highest BCUT2D eigenvalue weighted by Gasteiger charge is 2.12. The average Bonchev–Trinajstić information content (AvgIpc) is 2.40. The topological polar surface area (TPSA) is 98.1 Å². The number of benzene rings is 1. The minimum absolute atomic E-state index is 0.0858. The van der Waals surface area contributed by atoms with Gasteiger partial charge in [-0.1, -0.05) is 12.1 Å². The molecular weight excluding hydrogens is 254 g/mol. The van der Waals surface area contributed by atoms with E-state index in [0.29, 0.717) is 18.1 Å². The number of anilines is 2. The second kappa shape index (κ2) is 6.01. The molecule has 0 fully saturated rings. The number of hydrogen-bond acceptors (Lipinski definition) is 5. The summed E-state index contributed by atoms with van der Waals surface area (Å²) in [5, 5.41) is 7.95. The van der Waals surface area contributed by atoms with E-state index in [4.69, 9.17) is 11.5 Å². The second-order valence-electron chi connectivity index (χ2n) is 4.66. The van der Waals surface area contributed by atoms with Crippen molar-refractivity contribution in [3.8, 4) is 0 Å².